The van der Waals surface area contributed by atoms with Gasteiger partial charge in [0.15, 0.2) is 17.2 Å². The molecule has 2 amide bonds. The molecule has 0 aliphatic rings. The second-order valence-corrected chi connectivity index (χ2v) is 4.63. The molecule has 0 aromatic heterocycles. The lowest BCUT2D eigenvalue weighted by Crippen LogP contribution is -2.35. The van der Waals surface area contributed by atoms with Gasteiger partial charge in [-0.25, -0.2) is 0 Å². The van der Waals surface area contributed by atoms with Crippen LogP contribution in [0.5, 0.6) is 17.2 Å². The number of rotatable bonds is 6. The van der Waals surface area contributed by atoms with Gasteiger partial charge in [0.1, 0.15) is 0 Å². The Morgan fingerprint density at radius 2 is 1.62 bits per heavy atom. The lowest BCUT2D eigenvalue weighted by molar-refractivity contribution is -0.136. The number of aromatic hydroxyl groups is 3. The van der Waals surface area contributed by atoms with Gasteiger partial charge in [0, 0.05) is 24.4 Å². The first-order chi connectivity index (χ1) is 9.95. The van der Waals surface area contributed by atoms with Crippen LogP contribution in [-0.2, 0) is 9.59 Å². The third kappa shape index (κ3) is 5.21. The molecule has 0 spiro atoms. The Kier molecular flexibility index (Phi) is 6.32. The molecule has 0 atom stereocenters. The van der Waals surface area contributed by atoms with Crippen LogP contribution in [0.2, 0.25) is 0 Å². The van der Waals surface area contributed by atoms with Crippen molar-refractivity contribution in [3.8, 4) is 17.2 Å². The molecule has 7 nitrogen and oxygen atoms in total. The Bertz CT molecular complexity index is 493. The molecular weight excluding hydrogens is 276 g/mol. The quantitative estimate of drug-likeness (QED) is 0.235. The van der Waals surface area contributed by atoms with Gasteiger partial charge in [0.05, 0.1) is 0 Å². The van der Waals surface area contributed by atoms with E-state index in [1.807, 2.05) is 0 Å². The van der Waals surface area contributed by atoms with Crippen LogP contribution in [0.4, 0.5) is 5.69 Å². The van der Waals surface area contributed by atoms with Crippen molar-refractivity contribution in [2.45, 2.75) is 32.6 Å². The lowest BCUT2D eigenvalue weighted by atomic mass is 10.2. The minimum atomic E-state index is -0.907. The molecule has 116 valence electrons. The summed E-state index contributed by atoms with van der Waals surface area (Å²) < 4.78 is 0. The second kappa shape index (κ2) is 7.98. The second-order valence-electron chi connectivity index (χ2n) is 4.63. The van der Waals surface area contributed by atoms with E-state index in [1.54, 1.807) is 0 Å². The Morgan fingerprint density at radius 1 is 1.00 bits per heavy atom. The smallest absolute Gasteiger partial charge is 0.313 e. The van der Waals surface area contributed by atoms with Gasteiger partial charge < -0.3 is 26.0 Å². The van der Waals surface area contributed by atoms with Gasteiger partial charge in [0.2, 0.25) is 0 Å². The summed E-state index contributed by atoms with van der Waals surface area (Å²) in [5.74, 6) is -3.57. The summed E-state index contributed by atoms with van der Waals surface area (Å²) in [7, 11) is 0. The number of anilines is 1. The summed E-state index contributed by atoms with van der Waals surface area (Å²) in [6.45, 7) is 2.49. The number of hydrogen-bond donors (Lipinski definition) is 5. The third-order valence-electron chi connectivity index (χ3n) is 2.85. The molecule has 5 N–H and O–H groups in total. The molecule has 1 rings (SSSR count). The number of hydrogen-bond acceptors (Lipinski definition) is 5. The molecule has 0 aliphatic carbocycles. The zero-order chi connectivity index (χ0) is 15.8. The van der Waals surface area contributed by atoms with Crippen LogP contribution in [0, 0.1) is 0 Å². The molecular formula is C14H20N2O5. The third-order valence-corrected chi connectivity index (χ3v) is 2.85. The van der Waals surface area contributed by atoms with Crippen LogP contribution in [-0.4, -0.2) is 33.7 Å². The van der Waals surface area contributed by atoms with E-state index < -0.39 is 29.1 Å². The van der Waals surface area contributed by atoms with Crippen molar-refractivity contribution >= 4 is 17.5 Å². The predicted molar refractivity (Wildman–Crippen MR) is 77.2 cm³/mol. The number of phenols is 3. The highest BCUT2D eigenvalue weighted by atomic mass is 16.3. The molecule has 1 aromatic rings. The zero-order valence-electron chi connectivity index (χ0n) is 11.8. The maximum Gasteiger partial charge on any atom is 0.313 e. The van der Waals surface area contributed by atoms with Crippen molar-refractivity contribution in [2.75, 3.05) is 11.9 Å². The van der Waals surface area contributed by atoms with Crippen molar-refractivity contribution in [2.24, 2.45) is 0 Å². The lowest BCUT2D eigenvalue weighted by Gasteiger charge is -2.08. The Labute approximate surface area is 122 Å². The topological polar surface area (TPSA) is 119 Å². The maximum absolute atomic E-state index is 11.6. The summed E-state index contributed by atoms with van der Waals surface area (Å²) in [4.78, 5) is 23.1. The molecule has 0 unspecified atom stereocenters. The fraction of sp³-hybridized carbons (Fsp3) is 0.429. The normalized spacial score (nSPS) is 10.1. The molecule has 0 fully saturated rings. The molecule has 7 heteroatoms. The molecule has 0 saturated heterocycles. The summed E-state index contributed by atoms with van der Waals surface area (Å²) in [5.41, 5.74) is 0.00827. The summed E-state index contributed by atoms with van der Waals surface area (Å²) >= 11 is 0. The fourth-order valence-corrected chi connectivity index (χ4v) is 1.70. The summed E-state index contributed by atoms with van der Waals surface area (Å²) in [5, 5.41) is 32.5. The minimum absolute atomic E-state index is 0.00827. The van der Waals surface area contributed by atoms with Crippen molar-refractivity contribution in [3.05, 3.63) is 12.1 Å². The highest BCUT2D eigenvalue weighted by molar-refractivity contribution is 6.39. The van der Waals surface area contributed by atoms with Crippen molar-refractivity contribution in [1.82, 2.24) is 5.32 Å². The standard InChI is InChI=1S/C14H20N2O5/c1-2-3-4-5-6-15-13(20)14(21)16-9-7-10(17)12(19)11(18)8-9/h7-8,17-19H,2-6H2,1H3,(H,15,20)(H,16,21). The average Bonchev–Trinajstić information content (AvgIpc) is 2.44. The number of nitrogens with one attached hydrogen (secondary N) is 2. The summed E-state index contributed by atoms with van der Waals surface area (Å²) in [6.07, 6.45) is 3.95. The number of benzene rings is 1. The first-order valence-corrected chi connectivity index (χ1v) is 6.79. The zero-order valence-corrected chi connectivity index (χ0v) is 11.8. The van der Waals surface area contributed by atoms with E-state index in [9.17, 15) is 19.8 Å². The van der Waals surface area contributed by atoms with Gasteiger partial charge >= 0.3 is 11.8 Å². The number of carbonyl (C=O) groups is 2. The van der Waals surface area contributed by atoms with Gasteiger partial charge in [-0.3, -0.25) is 9.59 Å². The molecule has 0 radical (unpaired) electrons. The van der Waals surface area contributed by atoms with E-state index >= 15 is 0 Å². The number of unbranched alkanes of at least 4 members (excludes halogenated alkanes) is 3. The highest BCUT2D eigenvalue weighted by Crippen LogP contribution is 2.37. The molecule has 0 heterocycles. The monoisotopic (exact) mass is 296 g/mol. The number of carbonyl (C=O) groups excluding carboxylic acids is 2. The van der Waals surface area contributed by atoms with E-state index in [0.717, 1.165) is 37.8 Å². The first kappa shape index (κ1) is 16.6. The van der Waals surface area contributed by atoms with Gasteiger partial charge in [-0.05, 0) is 6.42 Å². The van der Waals surface area contributed by atoms with Crippen LogP contribution in [0.15, 0.2) is 12.1 Å². The van der Waals surface area contributed by atoms with Crippen LogP contribution < -0.4 is 10.6 Å². The Hall–Kier alpha value is -2.44. The van der Waals surface area contributed by atoms with Crippen molar-refractivity contribution in [1.29, 1.82) is 0 Å². The van der Waals surface area contributed by atoms with Gasteiger partial charge in [-0.1, -0.05) is 26.2 Å². The molecule has 0 bridgehead atoms. The minimum Gasteiger partial charge on any atom is -0.504 e. The molecule has 0 saturated carbocycles. The average molecular weight is 296 g/mol. The molecule has 0 aliphatic heterocycles. The molecule has 21 heavy (non-hydrogen) atoms. The van der Waals surface area contributed by atoms with Crippen LogP contribution in [0.25, 0.3) is 0 Å². The summed E-state index contributed by atoms with van der Waals surface area (Å²) in [6, 6.07) is 2.06. The van der Waals surface area contributed by atoms with E-state index in [0.29, 0.717) is 6.54 Å². The molecule has 1 aromatic carbocycles. The van der Waals surface area contributed by atoms with Gasteiger partial charge in [0.25, 0.3) is 0 Å². The Morgan fingerprint density at radius 3 is 2.19 bits per heavy atom. The van der Waals surface area contributed by atoms with E-state index in [-0.39, 0.29) is 5.69 Å². The van der Waals surface area contributed by atoms with E-state index in [4.69, 9.17) is 5.11 Å². The highest BCUT2D eigenvalue weighted by Gasteiger charge is 2.15. The van der Waals surface area contributed by atoms with Crippen LogP contribution in [0.3, 0.4) is 0 Å². The van der Waals surface area contributed by atoms with Crippen molar-refractivity contribution < 1.29 is 24.9 Å². The SMILES string of the molecule is CCCCCCNC(=O)C(=O)Nc1cc(O)c(O)c(O)c1. The number of amides is 2. The number of phenolic OH excluding ortho intramolecular Hbond substituents is 3. The largest absolute Gasteiger partial charge is 0.504 e. The van der Waals surface area contributed by atoms with Crippen molar-refractivity contribution in [3.63, 3.8) is 0 Å². The van der Waals surface area contributed by atoms with Gasteiger partial charge in [-0.2, -0.15) is 0 Å². The van der Waals surface area contributed by atoms with Crippen LogP contribution in [0.1, 0.15) is 32.6 Å². The first-order valence-electron chi connectivity index (χ1n) is 6.79. The Balaban J connectivity index is 2.47. The fourth-order valence-electron chi connectivity index (χ4n) is 1.70. The van der Waals surface area contributed by atoms with Gasteiger partial charge in [-0.15, -0.1) is 0 Å². The van der Waals surface area contributed by atoms with E-state index in [1.165, 1.54) is 0 Å². The van der Waals surface area contributed by atoms with E-state index in [2.05, 4.69) is 17.6 Å². The maximum atomic E-state index is 11.6. The predicted octanol–water partition coefficient (Wildman–Crippen LogP) is 1.44. The van der Waals surface area contributed by atoms with Crippen LogP contribution >= 0.6 is 0 Å².